The van der Waals surface area contributed by atoms with E-state index >= 15 is 0 Å². The predicted molar refractivity (Wildman–Crippen MR) is 81.4 cm³/mol. The maximum Gasteiger partial charge on any atom is 0.0977 e. The van der Waals surface area contributed by atoms with Crippen molar-refractivity contribution in [1.29, 1.82) is 0 Å². The quantitative estimate of drug-likeness (QED) is 0.850. The maximum atomic E-state index is 10.1. The molecule has 1 atom stereocenters. The third kappa shape index (κ3) is 4.02. The summed E-state index contributed by atoms with van der Waals surface area (Å²) in [4.78, 5) is 0. The van der Waals surface area contributed by atoms with Crippen LogP contribution in [0, 0.1) is 0 Å². The van der Waals surface area contributed by atoms with E-state index in [9.17, 15) is 5.11 Å². The lowest BCUT2D eigenvalue weighted by molar-refractivity contribution is 0.192. The first-order valence-corrected chi connectivity index (χ1v) is 6.82. The Labute approximate surface area is 126 Å². The van der Waals surface area contributed by atoms with E-state index in [1.54, 1.807) is 30.3 Å². The van der Waals surface area contributed by atoms with Gasteiger partial charge in [-0.25, -0.2) is 0 Å². The lowest BCUT2D eigenvalue weighted by Crippen LogP contribution is -2.12. The number of hydrogen-bond acceptors (Lipinski definition) is 2. The van der Waals surface area contributed by atoms with Gasteiger partial charge < -0.3 is 10.4 Å². The summed E-state index contributed by atoms with van der Waals surface area (Å²) >= 11 is 17.7. The van der Waals surface area contributed by atoms with E-state index in [0.29, 0.717) is 27.2 Å². The molecule has 0 aliphatic carbocycles. The molecule has 100 valence electrons. The van der Waals surface area contributed by atoms with Gasteiger partial charge in [-0.2, -0.15) is 0 Å². The van der Waals surface area contributed by atoms with Gasteiger partial charge in [-0.1, -0.05) is 34.8 Å². The van der Waals surface area contributed by atoms with Gasteiger partial charge >= 0.3 is 0 Å². The Morgan fingerprint density at radius 2 is 1.58 bits per heavy atom. The third-order valence-electron chi connectivity index (χ3n) is 2.66. The number of anilines is 1. The molecule has 5 heteroatoms. The molecule has 0 radical (unpaired) electrons. The predicted octanol–water partition coefficient (Wildman–Crippen LogP) is 4.79. The Balaban J connectivity index is 2.03. The normalized spacial score (nSPS) is 12.2. The van der Waals surface area contributed by atoms with E-state index in [2.05, 4.69) is 5.32 Å². The van der Waals surface area contributed by atoms with Gasteiger partial charge in [0.15, 0.2) is 0 Å². The Bertz CT molecular complexity index is 557. The molecule has 2 N–H and O–H groups in total. The standard InChI is InChI=1S/C14H12Cl3NO/c15-9-1-4-11(5-2-9)18-8-14(19)12-7-10(16)3-6-13(12)17/h1-7,14,18-19H,8H2. The Morgan fingerprint density at radius 3 is 2.26 bits per heavy atom. The molecule has 2 aromatic carbocycles. The minimum absolute atomic E-state index is 0.335. The van der Waals surface area contributed by atoms with Crippen LogP contribution in [0.1, 0.15) is 11.7 Å². The highest BCUT2D eigenvalue weighted by Crippen LogP contribution is 2.26. The van der Waals surface area contributed by atoms with Crippen LogP contribution in [0.2, 0.25) is 15.1 Å². The minimum atomic E-state index is -0.734. The average Bonchev–Trinajstić information content (AvgIpc) is 2.40. The minimum Gasteiger partial charge on any atom is -0.387 e. The van der Waals surface area contributed by atoms with Crippen LogP contribution in [-0.4, -0.2) is 11.7 Å². The number of benzene rings is 2. The van der Waals surface area contributed by atoms with Crippen LogP contribution in [-0.2, 0) is 0 Å². The number of halogens is 3. The lowest BCUT2D eigenvalue weighted by atomic mass is 10.1. The largest absolute Gasteiger partial charge is 0.387 e. The van der Waals surface area contributed by atoms with Gasteiger partial charge in [0, 0.05) is 32.9 Å². The molecular weight excluding hydrogens is 305 g/mol. The molecule has 0 bridgehead atoms. The van der Waals surface area contributed by atoms with Crippen molar-refractivity contribution in [3.05, 3.63) is 63.1 Å². The number of hydrogen-bond donors (Lipinski definition) is 2. The van der Waals surface area contributed by atoms with Crippen molar-refractivity contribution in [2.45, 2.75) is 6.10 Å². The number of aliphatic hydroxyl groups excluding tert-OH is 1. The fourth-order valence-corrected chi connectivity index (χ4v) is 2.21. The summed E-state index contributed by atoms with van der Waals surface area (Å²) in [7, 11) is 0. The van der Waals surface area contributed by atoms with Crippen LogP contribution >= 0.6 is 34.8 Å². The second-order valence-electron chi connectivity index (χ2n) is 4.07. The monoisotopic (exact) mass is 315 g/mol. The van der Waals surface area contributed by atoms with Gasteiger partial charge in [0.05, 0.1) is 6.10 Å². The Kier molecular flexibility index (Phi) is 4.94. The molecule has 0 aliphatic rings. The Hall–Kier alpha value is -0.930. The van der Waals surface area contributed by atoms with Crippen LogP contribution in [0.4, 0.5) is 5.69 Å². The van der Waals surface area contributed by atoms with Crippen LogP contribution in [0.5, 0.6) is 0 Å². The molecule has 2 rings (SSSR count). The molecule has 1 unspecified atom stereocenters. The lowest BCUT2D eigenvalue weighted by Gasteiger charge is -2.15. The zero-order valence-electron chi connectivity index (χ0n) is 9.91. The van der Waals surface area contributed by atoms with Gasteiger partial charge in [-0.3, -0.25) is 0 Å². The van der Waals surface area contributed by atoms with E-state index < -0.39 is 6.10 Å². The van der Waals surface area contributed by atoms with Crippen LogP contribution in [0.25, 0.3) is 0 Å². The maximum absolute atomic E-state index is 10.1. The topological polar surface area (TPSA) is 32.3 Å². The summed E-state index contributed by atoms with van der Waals surface area (Å²) in [5.41, 5.74) is 1.48. The van der Waals surface area contributed by atoms with Crippen LogP contribution < -0.4 is 5.32 Å². The van der Waals surface area contributed by atoms with Crippen molar-refractivity contribution >= 4 is 40.5 Å². The van der Waals surface area contributed by atoms with E-state index in [1.807, 2.05) is 12.1 Å². The molecule has 2 aromatic rings. The molecule has 19 heavy (non-hydrogen) atoms. The number of aliphatic hydroxyl groups is 1. The molecule has 0 amide bonds. The van der Waals surface area contributed by atoms with Crippen LogP contribution in [0.3, 0.4) is 0 Å². The second-order valence-corrected chi connectivity index (χ2v) is 5.35. The van der Waals surface area contributed by atoms with Crippen molar-refractivity contribution in [1.82, 2.24) is 0 Å². The highest BCUT2D eigenvalue weighted by molar-refractivity contribution is 6.33. The molecule has 0 fully saturated rings. The third-order valence-corrected chi connectivity index (χ3v) is 3.49. The van der Waals surface area contributed by atoms with E-state index in [4.69, 9.17) is 34.8 Å². The smallest absolute Gasteiger partial charge is 0.0977 e. The van der Waals surface area contributed by atoms with Crippen molar-refractivity contribution in [2.24, 2.45) is 0 Å². The first kappa shape index (κ1) is 14.5. The molecular formula is C14H12Cl3NO. The first-order chi connectivity index (χ1) is 9.06. The van der Waals surface area contributed by atoms with Gasteiger partial charge in [-0.05, 0) is 42.5 Å². The summed E-state index contributed by atoms with van der Waals surface area (Å²) in [5, 5.41) is 14.9. The zero-order chi connectivity index (χ0) is 13.8. The van der Waals surface area contributed by atoms with Gasteiger partial charge in [-0.15, -0.1) is 0 Å². The first-order valence-electron chi connectivity index (χ1n) is 5.69. The Morgan fingerprint density at radius 1 is 0.947 bits per heavy atom. The molecule has 0 saturated heterocycles. The van der Waals surface area contributed by atoms with Gasteiger partial charge in [0.2, 0.25) is 0 Å². The van der Waals surface area contributed by atoms with E-state index in [-0.39, 0.29) is 0 Å². The van der Waals surface area contributed by atoms with E-state index in [0.717, 1.165) is 5.69 Å². The number of nitrogens with one attached hydrogen (secondary N) is 1. The van der Waals surface area contributed by atoms with Gasteiger partial charge in [0.25, 0.3) is 0 Å². The number of rotatable bonds is 4. The average molecular weight is 317 g/mol. The molecule has 0 spiro atoms. The highest BCUT2D eigenvalue weighted by atomic mass is 35.5. The second kappa shape index (κ2) is 6.49. The van der Waals surface area contributed by atoms with Gasteiger partial charge in [0.1, 0.15) is 0 Å². The fraction of sp³-hybridized carbons (Fsp3) is 0.143. The van der Waals surface area contributed by atoms with Crippen molar-refractivity contribution < 1.29 is 5.11 Å². The summed E-state index contributed by atoms with van der Waals surface area (Å²) in [6.07, 6.45) is -0.734. The van der Waals surface area contributed by atoms with Crippen LogP contribution in [0.15, 0.2) is 42.5 Å². The van der Waals surface area contributed by atoms with E-state index in [1.165, 1.54) is 0 Å². The molecule has 0 aromatic heterocycles. The summed E-state index contributed by atoms with van der Waals surface area (Å²) in [5.74, 6) is 0. The summed E-state index contributed by atoms with van der Waals surface area (Å²) in [6.45, 7) is 0.335. The SMILES string of the molecule is OC(CNc1ccc(Cl)cc1)c1cc(Cl)ccc1Cl. The molecule has 0 heterocycles. The molecule has 0 aliphatic heterocycles. The summed E-state index contributed by atoms with van der Waals surface area (Å²) < 4.78 is 0. The summed E-state index contributed by atoms with van der Waals surface area (Å²) in [6, 6.07) is 12.3. The zero-order valence-corrected chi connectivity index (χ0v) is 12.2. The fourth-order valence-electron chi connectivity index (χ4n) is 1.66. The van der Waals surface area contributed by atoms with Crippen molar-refractivity contribution in [2.75, 3.05) is 11.9 Å². The van der Waals surface area contributed by atoms with Crippen molar-refractivity contribution in [3.8, 4) is 0 Å². The molecule has 2 nitrogen and oxygen atoms in total. The van der Waals surface area contributed by atoms with Crippen molar-refractivity contribution in [3.63, 3.8) is 0 Å². The molecule has 0 saturated carbocycles. The highest BCUT2D eigenvalue weighted by Gasteiger charge is 2.12.